The van der Waals surface area contributed by atoms with Crippen molar-refractivity contribution < 1.29 is 13.2 Å². The van der Waals surface area contributed by atoms with Gasteiger partial charge in [0.1, 0.15) is 5.75 Å². The third-order valence-corrected chi connectivity index (χ3v) is 6.46. The van der Waals surface area contributed by atoms with Crippen molar-refractivity contribution in [2.45, 2.75) is 31.7 Å². The molecule has 0 aliphatic heterocycles. The minimum atomic E-state index is -3.32. The van der Waals surface area contributed by atoms with Crippen molar-refractivity contribution in [2.24, 2.45) is 0 Å². The fourth-order valence-electron chi connectivity index (χ4n) is 2.51. The van der Waals surface area contributed by atoms with Crippen molar-refractivity contribution in [1.82, 2.24) is 5.32 Å². The van der Waals surface area contributed by atoms with Gasteiger partial charge in [-0.15, -0.1) is 11.3 Å². The molecule has 0 saturated heterocycles. The normalized spacial score (nSPS) is 13.0. The summed E-state index contributed by atoms with van der Waals surface area (Å²) < 4.78 is 29.9. The largest absolute Gasteiger partial charge is 0.497 e. The molecule has 126 valence electrons. The zero-order valence-corrected chi connectivity index (χ0v) is 15.6. The van der Waals surface area contributed by atoms with E-state index in [1.165, 1.54) is 22.4 Å². The van der Waals surface area contributed by atoms with Crippen molar-refractivity contribution in [3.05, 3.63) is 45.6 Å². The maximum Gasteiger partial charge on any atom is 0.179 e. The molecule has 0 unspecified atom stereocenters. The van der Waals surface area contributed by atoms with Crippen LogP contribution in [0.5, 0.6) is 5.75 Å². The number of hydrogen-bond acceptors (Lipinski definition) is 5. The Morgan fingerprint density at radius 3 is 2.61 bits per heavy atom. The van der Waals surface area contributed by atoms with Crippen LogP contribution in [0.25, 0.3) is 0 Å². The number of ether oxygens (including phenoxy) is 1. The molecule has 1 heterocycles. The second kappa shape index (κ2) is 7.47. The van der Waals surface area contributed by atoms with Crippen LogP contribution in [-0.4, -0.2) is 27.8 Å². The van der Waals surface area contributed by atoms with Crippen LogP contribution >= 0.6 is 11.3 Å². The van der Waals surface area contributed by atoms with E-state index in [1.807, 2.05) is 0 Å². The SMILES string of the molecule is COc1cccc(S(=O)(=O)CCN[C@@H](C)c2cc(C)sc2C)c1. The lowest BCUT2D eigenvalue weighted by molar-refractivity contribution is 0.413. The molecular weight excluding hydrogens is 330 g/mol. The summed E-state index contributed by atoms with van der Waals surface area (Å²) >= 11 is 1.77. The minimum Gasteiger partial charge on any atom is -0.497 e. The van der Waals surface area contributed by atoms with Gasteiger partial charge >= 0.3 is 0 Å². The molecule has 1 aromatic carbocycles. The molecule has 0 aliphatic carbocycles. The quantitative estimate of drug-likeness (QED) is 0.828. The van der Waals surface area contributed by atoms with Gasteiger partial charge in [0, 0.05) is 22.3 Å². The van der Waals surface area contributed by atoms with E-state index in [2.05, 4.69) is 32.2 Å². The van der Waals surface area contributed by atoms with E-state index in [-0.39, 0.29) is 11.8 Å². The number of benzene rings is 1. The highest BCUT2D eigenvalue weighted by atomic mass is 32.2. The van der Waals surface area contributed by atoms with Crippen molar-refractivity contribution in [3.63, 3.8) is 0 Å². The van der Waals surface area contributed by atoms with E-state index < -0.39 is 9.84 Å². The molecule has 2 rings (SSSR count). The fourth-order valence-corrected chi connectivity index (χ4v) is 4.74. The molecule has 0 radical (unpaired) electrons. The third-order valence-electron chi connectivity index (χ3n) is 3.77. The number of thiophene rings is 1. The monoisotopic (exact) mass is 353 g/mol. The van der Waals surface area contributed by atoms with Gasteiger partial charge in [0.25, 0.3) is 0 Å². The van der Waals surface area contributed by atoms with Crippen molar-refractivity contribution in [3.8, 4) is 5.75 Å². The van der Waals surface area contributed by atoms with Crippen LogP contribution in [0.2, 0.25) is 0 Å². The Bertz CT molecular complexity index is 766. The van der Waals surface area contributed by atoms with Gasteiger partial charge in [-0.2, -0.15) is 0 Å². The molecule has 1 N–H and O–H groups in total. The van der Waals surface area contributed by atoms with Crippen LogP contribution in [0.1, 0.15) is 28.3 Å². The summed E-state index contributed by atoms with van der Waals surface area (Å²) in [7, 11) is -1.79. The van der Waals surface area contributed by atoms with Gasteiger partial charge in [-0.1, -0.05) is 6.07 Å². The lowest BCUT2D eigenvalue weighted by Gasteiger charge is -2.14. The molecule has 4 nitrogen and oxygen atoms in total. The van der Waals surface area contributed by atoms with Gasteiger partial charge in [0.15, 0.2) is 9.84 Å². The number of sulfone groups is 1. The highest BCUT2D eigenvalue weighted by Crippen LogP contribution is 2.26. The van der Waals surface area contributed by atoms with Gasteiger partial charge in [-0.05, 0) is 50.6 Å². The van der Waals surface area contributed by atoms with Gasteiger partial charge < -0.3 is 10.1 Å². The van der Waals surface area contributed by atoms with Gasteiger partial charge in [0.05, 0.1) is 17.8 Å². The van der Waals surface area contributed by atoms with E-state index in [0.717, 1.165) is 0 Å². The van der Waals surface area contributed by atoms with Crippen LogP contribution in [0.15, 0.2) is 35.2 Å². The standard InChI is InChI=1S/C17H23NO3S2/c1-12-10-17(14(3)22-12)13(2)18-8-9-23(19,20)16-7-5-6-15(11-16)21-4/h5-7,10-11,13,18H,8-9H2,1-4H3/t13-/m0/s1. The Balaban J connectivity index is 1.98. The summed E-state index contributed by atoms with van der Waals surface area (Å²) in [5, 5.41) is 3.30. The molecule has 2 aromatic rings. The molecular formula is C17H23NO3S2. The number of hydrogen-bond donors (Lipinski definition) is 1. The molecule has 23 heavy (non-hydrogen) atoms. The first-order valence-electron chi connectivity index (χ1n) is 7.50. The number of rotatable bonds is 7. The highest BCUT2D eigenvalue weighted by molar-refractivity contribution is 7.91. The number of methoxy groups -OCH3 is 1. The Kier molecular flexibility index (Phi) is 5.84. The summed E-state index contributed by atoms with van der Waals surface area (Å²) in [6.45, 7) is 6.65. The van der Waals surface area contributed by atoms with Crippen LogP contribution in [0, 0.1) is 13.8 Å². The highest BCUT2D eigenvalue weighted by Gasteiger charge is 2.16. The summed E-state index contributed by atoms with van der Waals surface area (Å²) in [6, 6.07) is 8.90. The minimum absolute atomic E-state index is 0.0622. The Hall–Kier alpha value is -1.37. The van der Waals surface area contributed by atoms with Crippen molar-refractivity contribution in [1.29, 1.82) is 0 Å². The zero-order valence-electron chi connectivity index (χ0n) is 13.9. The summed E-state index contributed by atoms with van der Waals surface area (Å²) in [6.07, 6.45) is 0. The fraction of sp³-hybridized carbons (Fsp3) is 0.412. The smallest absolute Gasteiger partial charge is 0.179 e. The lowest BCUT2D eigenvalue weighted by atomic mass is 10.1. The summed E-state index contributed by atoms with van der Waals surface area (Å²) in [5.41, 5.74) is 1.24. The van der Waals surface area contributed by atoms with Gasteiger partial charge in [0.2, 0.25) is 0 Å². The molecule has 0 spiro atoms. The van der Waals surface area contributed by atoms with E-state index >= 15 is 0 Å². The topological polar surface area (TPSA) is 55.4 Å². The van der Waals surface area contributed by atoms with Crippen LogP contribution < -0.4 is 10.1 Å². The first kappa shape index (κ1) is 18.0. The number of aryl methyl sites for hydroxylation is 2. The predicted molar refractivity (Wildman–Crippen MR) is 95.3 cm³/mol. The molecule has 0 bridgehead atoms. The summed E-state index contributed by atoms with van der Waals surface area (Å²) in [4.78, 5) is 2.85. The van der Waals surface area contributed by atoms with Gasteiger partial charge in [-0.25, -0.2) is 8.42 Å². The molecule has 0 aliphatic rings. The maximum atomic E-state index is 12.4. The molecule has 0 amide bonds. The first-order chi connectivity index (χ1) is 10.8. The molecule has 1 aromatic heterocycles. The molecule has 0 fully saturated rings. The van der Waals surface area contributed by atoms with E-state index in [9.17, 15) is 8.42 Å². The molecule has 6 heteroatoms. The van der Waals surface area contributed by atoms with E-state index in [0.29, 0.717) is 17.2 Å². The predicted octanol–water partition coefficient (Wildman–Crippen LogP) is 3.50. The third kappa shape index (κ3) is 4.56. The first-order valence-corrected chi connectivity index (χ1v) is 9.97. The average molecular weight is 354 g/mol. The Morgan fingerprint density at radius 2 is 2.00 bits per heavy atom. The Labute approximate surface area is 142 Å². The van der Waals surface area contributed by atoms with Crippen molar-refractivity contribution >= 4 is 21.2 Å². The van der Waals surface area contributed by atoms with Crippen LogP contribution in [0.4, 0.5) is 0 Å². The van der Waals surface area contributed by atoms with Crippen LogP contribution in [0.3, 0.4) is 0 Å². The second-order valence-corrected chi connectivity index (χ2v) is 9.11. The van der Waals surface area contributed by atoms with Crippen LogP contribution in [-0.2, 0) is 9.84 Å². The second-order valence-electron chi connectivity index (χ2n) is 5.54. The molecule has 0 saturated carbocycles. The molecule has 1 atom stereocenters. The van der Waals surface area contributed by atoms with E-state index in [1.54, 1.807) is 35.6 Å². The van der Waals surface area contributed by atoms with E-state index in [4.69, 9.17) is 4.74 Å². The van der Waals surface area contributed by atoms with Gasteiger partial charge in [-0.3, -0.25) is 0 Å². The Morgan fingerprint density at radius 1 is 1.26 bits per heavy atom. The lowest BCUT2D eigenvalue weighted by Crippen LogP contribution is -2.26. The summed E-state index contributed by atoms with van der Waals surface area (Å²) in [5.74, 6) is 0.615. The van der Waals surface area contributed by atoms with Crippen molar-refractivity contribution in [2.75, 3.05) is 19.4 Å². The maximum absolute atomic E-state index is 12.4. The zero-order chi connectivity index (χ0) is 17.0. The number of nitrogens with one attached hydrogen (secondary N) is 1. The average Bonchev–Trinajstić information content (AvgIpc) is 2.85.